The quantitative estimate of drug-likeness (QED) is 0.745. The average molecular weight is 331 g/mol. The fourth-order valence-corrected chi connectivity index (χ4v) is 2.65. The van der Waals surface area contributed by atoms with Gasteiger partial charge in [-0.2, -0.15) is 0 Å². The number of hydrogen-bond donors (Lipinski definition) is 1. The molecule has 0 atom stereocenters. The van der Waals surface area contributed by atoms with Gasteiger partial charge in [-0.15, -0.1) is 0 Å². The number of aromatic nitrogens is 3. The number of ether oxygens (including phenoxy) is 1. The lowest BCUT2D eigenvalue weighted by atomic mass is 10.2. The molecule has 0 radical (unpaired) electrons. The standard InChI is InChI=1S/C16H15ClN4O2/c1-9-19-14(17)12-7-13(18)16(22)21(15(12)20-9)8-10-3-5-11(23-2)6-4-10/h3-7H,8,18H2,1-2H3. The predicted octanol–water partition coefficient (Wildman–Crippen LogP) is 2.39. The third-order valence-corrected chi connectivity index (χ3v) is 3.83. The maximum atomic E-state index is 12.4. The van der Waals surface area contributed by atoms with Crippen LogP contribution in [0, 0.1) is 6.92 Å². The van der Waals surface area contributed by atoms with Crippen LogP contribution in [0.5, 0.6) is 5.75 Å². The highest BCUT2D eigenvalue weighted by atomic mass is 35.5. The van der Waals surface area contributed by atoms with Crippen LogP contribution in [0.25, 0.3) is 11.0 Å². The molecule has 3 rings (SSSR count). The van der Waals surface area contributed by atoms with Crippen molar-refractivity contribution in [2.24, 2.45) is 0 Å². The molecule has 118 valence electrons. The van der Waals surface area contributed by atoms with E-state index in [1.807, 2.05) is 24.3 Å². The molecule has 0 aliphatic heterocycles. The Hall–Kier alpha value is -2.60. The lowest BCUT2D eigenvalue weighted by molar-refractivity contribution is 0.414. The van der Waals surface area contributed by atoms with E-state index in [0.717, 1.165) is 11.3 Å². The van der Waals surface area contributed by atoms with Gasteiger partial charge in [-0.3, -0.25) is 9.36 Å². The number of pyridine rings is 1. The van der Waals surface area contributed by atoms with Crippen LogP contribution in [0.15, 0.2) is 35.1 Å². The number of aryl methyl sites for hydroxylation is 1. The third kappa shape index (κ3) is 2.85. The van der Waals surface area contributed by atoms with Gasteiger partial charge in [0, 0.05) is 0 Å². The van der Waals surface area contributed by atoms with E-state index < -0.39 is 0 Å². The SMILES string of the molecule is COc1ccc(Cn2c(=O)c(N)cc3c(Cl)nc(C)nc32)cc1. The van der Waals surface area contributed by atoms with Crippen molar-refractivity contribution in [1.82, 2.24) is 14.5 Å². The molecule has 0 saturated carbocycles. The predicted molar refractivity (Wildman–Crippen MR) is 90.1 cm³/mol. The number of benzene rings is 1. The molecule has 6 nitrogen and oxygen atoms in total. The second-order valence-electron chi connectivity index (χ2n) is 5.14. The molecule has 0 aliphatic carbocycles. The van der Waals surface area contributed by atoms with Crippen molar-refractivity contribution in [2.45, 2.75) is 13.5 Å². The summed E-state index contributed by atoms with van der Waals surface area (Å²) in [6.07, 6.45) is 0. The van der Waals surface area contributed by atoms with Gasteiger partial charge in [0.25, 0.3) is 5.56 Å². The van der Waals surface area contributed by atoms with Crippen molar-refractivity contribution in [1.29, 1.82) is 0 Å². The number of nitrogens with two attached hydrogens (primary N) is 1. The van der Waals surface area contributed by atoms with Gasteiger partial charge >= 0.3 is 0 Å². The van der Waals surface area contributed by atoms with E-state index in [4.69, 9.17) is 22.1 Å². The van der Waals surface area contributed by atoms with Crippen LogP contribution in [0.2, 0.25) is 5.15 Å². The van der Waals surface area contributed by atoms with E-state index in [1.54, 1.807) is 14.0 Å². The normalized spacial score (nSPS) is 10.9. The number of methoxy groups -OCH3 is 1. The van der Waals surface area contributed by atoms with E-state index in [9.17, 15) is 4.79 Å². The molecule has 23 heavy (non-hydrogen) atoms. The van der Waals surface area contributed by atoms with Gasteiger partial charge in [0.05, 0.1) is 24.7 Å². The first-order valence-electron chi connectivity index (χ1n) is 6.95. The van der Waals surface area contributed by atoms with Crippen LogP contribution < -0.4 is 16.0 Å². The molecular formula is C16H15ClN4O2. The monoisotopic (exact) mass is 330 g/mol. The molecule has 0 unspecified atom stereocenters. The average Bonchev–Trinajstić information content (AvgIpc) is 2.53. The number of nitrogen functional groups attached to an aromatic ring is 1. The molecule has 0 fully saturated rings. The van der Waals surface area contributed by atoms with Gasteiger partial charge < -0.3 is 10.5 Å². The Bertz CT molecular complexity index is 935. The zero-order valence-electron chi connectivity index (χ0n) is 12.7. The van der Waals surface area contributed by atoms with Gasteiger partial charge in [0.1, 0.15) is 22.4 Å². The maximum absolute atomic E-state index is 12.4. The minimum absolute atomic E-state index is 0.111. The summed E-state index contributed by atoms with van der Waals surface area (Å²) < 4.78 is 6.64. The number of halogens is 1. The number of anilines is 1. The summed E-state index contributed by atoms with van der Waals surface area (Å²) in [6, 6.07) is 8.96. The van der Waals surface area contributed by atoms with Crippen LogP contribution in [0.4, 0.5) is 5.69 Å². The Morgan fingerprint density at radius 1 is 1.26 bits per heavy atom. The maximum Gasteiger partial charge on any atom is 0.275 e. The Balaban J connectivity index is 2.18. The highest BCUT2D eigenvalue weighted by Crippen LogP contribution is 2.22. The van der Waals surface area contributed by atoms with Crippen molar-refractivity contribution < 1.29 is 4.74 Å². The van der Waals surface area contributed by atoms with Crippen molar-refractivity contribution in [3.05, 3.63) is 57.2 Å². The first-order valence-corrected chi connectivity index (χ1v) is 7.33. The lowest BCUT2D eigenvalue weighted by Crippen LogP contribution is -2.24. The highest BCUT2D eigenvalue weighted by molar-refractivity contribution is 6.34. The summed E-state index contributed by atoms with van der Waals surface area (Å²) in [5, 5.41) is 0.838. The topological polar surface area (TPSA) is 83.0 Å². The van der Waals surface area contributed by atoms with Crippen molar-refractivity contribution in [3.8, 4) is 5.75 Å². The number of rotatable bonds is 3. The van der Waals surface area contributed by atoms with Crippen LogP contribution in [-0.2, 0) is 6.54 Å². The van der Waals surface area contributed by atoms with Crippen molar-refractivity contribution in [3.63, 3.8) is 0 Å². The van der Waals surface area contributed by atoms with E-state index in [1.165, 1.54) is 10.6 Å². The minimum Gasteiger partial charge on any atom is -0.497 e. The van der Waals surface area contributed by atoms with Gasteiger partial charge in [-0.05, 0) is 30.7 Å². The van der Waals surface area contributed by atoms with E-state index >= 15 is 0 Å². The van der Waals surface area contributed by atoms with E-state index in [0.29, 0.717) is 23.4 Å². The minimum atomic E-state index is -0.303. The second kappa shape index (κ2) is 5.89. The molecule has 0 bridgehead atoms. The zero-order valence-corrected chi connectivity index (χ0v) is 13.5. The number of hydrogen-bond acceptors (Lipinski definition) is 5. The van der Waals surface area contributed by atoms with Crippen LogP contribution in [0.3, 0.4) is 0 Å². The smallest absolute Gasteiger partial charge is 0.275 e. The Labute approximate surface area is 137 Å². The lowest BCUT2D eigenvalue weighted by Gasteiger charge is -2.12. The Morgan fingerprint density at radius 2 is 1.96 bits per heavy atom. The molecular weight excluding hydrogens is 316 g/mol. The van der Waals surface area contributed by atoms with Crippen LogP contribution in [0.1, 0.15) is 11.4 Å². The molecule has 0 spiro atoms. The Morgan fingerprint density at radius 3 is 2.61 bits per heavy atom. The van der Waals surface area contributed by atoms with Crippen LogP contribution in [-0.4, -0.2) is 21.6 Å². The first-order chi connectivity index (χ1) is 11.0. The number of nitrogens with zero attached hydrogens (tertiary/aromatic N) is 3. The van der Waals surface area contributed by atoms with Crippen molar-refractivity contribution >= 4 is 28.3 Å². The summed E-state index contributed by atoms with van der Waals surface area (Å²) in [7, 11) is 1.60. The number of fused-ring (bicyclic) bond motifs is 1. The molecule has 0 aliphatic rings. The van der Waals surface area contributed by atoms with Gasteiger partial charge in [-0.25, -0.2) is 9.97 Å². The fourth-order valence-electron chi connectivity index (χ4n) is 2.39. The fraction of sp³-hybridized carbons (Fsp3) is 0.188. The summed E-state index contributed by atoms with van der Waals surface area (Å²) in [5.74, 6) is 1.25. The summed E-state index contributed by atoms with van der Waals surface area (Å²) in [6.45, 7) is 2.06. The second-order valence-corrected chi connectivity index (χ2v) is 5.50. The molecule has 0 saturated heterocycles. The molecule has 2 N–H and O–H groups in total. The zero-order chi connectivity index (χ0) is 16.6. The molecule has 1 aromatic carbocycles. The first kappa shape index (κ1) is 15.3. The largest absolute Gasteiger partial charge is 0.497 e. The molecule has 2 aromatic heterocycles. The molecule has 2 heterocycles. The van der Waals surface area contributed by atoms with Crippen molar-refractivity contribution in [2.75, 3.05) is 12.8 Å². The summed E-state index contributed by atoms with van der Waals surface area (Å²) in [4.78, 5) is 20.9. The Kier molecular flexibility index (Phi) is 3.92. The molecule has 0 amide bonds. The van der Waals surface area contributed by atoms with Gasteiger partial charge in [0.15, 0.2) is 0 Å². The van der Waals surface area contributed by atoms with Crippen LogP contribution >= 0.6 is 11.6 Å². The van der Waals surface area contributed by atoms with Gasteiger partial charge in [0.2, 0.25) is 0 Å². The summed E-state index contributed by atoms with van der Waals surface area (Å²) >= 11 is 6.16. The third-order valence-electron chi connectivity index (χ3n) is 3.54. The highest BCUT2D eigenvalue weighted by Gasteiger charge is 2.13. The van der Waals surface area contributed by atoms with E-state index in [2.05, 4.69) is 9.97 Å². The summed E-state index contributed by atoms with van der Waals surface area (Å²) in [5.41, 5.74) is 7.03. The van der Waals surface area contributed by atoms with E-state index in [-0.39, 0.29) is 16.4 Å². The molecule has 7 heteroatoms. The van der Waals surface area contributed by atoms with Gasteiger partial charge in [-0.1, -0.05) is 23.7 Å². The molecule has 3 aromatic rings.